The van der Waals surface area contributed by atoms with Crippen LogP contribution in [0.15, 0.2) is 65.3 Å². The van der Waals surface area contributed by atoms with Crippen molar-refractivity contribution in [2.24, 2.45) is 0 Å². The van der Waals surface area contributed by atoms with E-state index in [1.807, 2.05) is 18.2 Å². The van der Waals surface area contributed by atoms with Crippen LogP contribution in [0, 0.1) is 10.1 Å². The number of nitrogens with one attached hydrogen (secondary N) is 2. The van der Waals surface area contributed by atoms with E-state index in [0.29, 0.717) is 23.0 Å². The third-order valence-corrected chi connectivity index (χ3v) is 4.26. The molecule has 0 atom stereocenters. The molecule has 3 rings (SSSR count). The van der Waals surface area contributed by atoms with Crippen molar-refractivity contribution >= 4 is 28.9 Å². The van der Waals surface area contributed by atoms with Gasteiger partial charge in [-0.15, -0.1) is 0 Å². The van der Waals surface area contributed by atoms with E-state index in [9.17, 15) is 14.9 Å². The molecule has 8 heteroatoms. The molecule has 0 bridgehead atoms. The molecule has 0 radical (unpaired) electrons. The largest absolute Gasteiger partial charge is 0.467 e. The number of amides is 1. The van der Waals surface area contributed by atoms with Crippen molar-refractivity contribution in [2.45, 2.75) is 13.1 Å². The van der Waals surface area contributed by atoms with E-state index in [4.69, 9.17) is 16.0 Å². The van der Waals surface area contributed by atoms with Crippen LogP contribution in [0.3, 0.4) is 0 Å². The van der Waals surface area contributed by atoms with Crippen LogP contribution < -0.4 is 10.6 Å². The number of carbonyl (C=O) groups excluding carboxylic acids is 1. The summed E-state index contributed by atoms with van der Waals surface area (Å²) in [6.45, 7) is 0.524. The summed E-state index contributed by atoms with van der Waals surface area (Å²) in [5.41, 5.74) is 1.13. The average molecular weight is 386 g/mol. The Kier molecular flexibility index (Phi) is 5.73. The first kappa shape index (κ1) is 18.5. The minimum absolute atomic E-state index is 0.187. The predicted octanol–water partition coefficient (Wildman–Crippen LogP) is 4.38. The maximum absolute atomic E-state index is 12.2. The van der Waals surface area contributed by atoms with Gasteiger partial charge in [0.2, 0.25) is 0 Å². The fourth-order valence-corrected chi connectivity index (χ4v) is 2.69. The van der Waals surface area contributed by atoms with Crippen molar-refractivity contribution in [1.29, 1.82) is 0 Å². The Labute approximate surface area is 160 Å². The number of hydrogen-bond donors (Lipinski definition) is 2. The van der Waals surface area contributed by atoms with E-state index < -0.39 is 10.8 Å². The summed E-state index contributed by atoms with van der Waals surface area (Å²) in [5.74, 6) is 0.169. The van der Waals surface area contributed by atoms with E-state index in [0.717, 1.165) is 5.56 Å². The fraction of sp³-hybridized carbons (Fsp3) is 0.105. The molecule has 138 valence electrons. The van der Waals surface area contributed by atoms with Gasteiger partial charge in [0.15, 0.2) is 0 Å². The third kappa shape index (κ3) is 4.65. The Balaban J connectivity index is 1.73. The van der Waals surface area contributed by atoms with E-state index in [1.165, 1.54) is 24.5 Å². The van der Waals surface area contributed by atoms with Crippen LogP contribution in [0.4, 0.5) is 11.4 Å². The van der Waals surface area contributed by atoms with Gasteiger partial charge in [0.25, 0.3) is 11.6 Å². The number of halogens is 1. The monoisotopic (exact) mass is 385 g/mol. The molecule has 0 fully saturated rings. The summed E-state index contributed by atoms with van der Waals surface area (Å²) in [5, 5.41) is 17.6. The number of nitro groups is 1. The molecule has 2 aromatic carbocycles. The lowest BCUT2D eigenvalue weighted by atomic mass is 10.1. The van der Waals surface area contributed by atoms with Crippen LogP contribution >= 0.6 is 11.6 Å². The molecule has 0 aliphatic heterocycles. The Morgan fingerprint density at radius 3 is 2.63 bits per heavy atom. The molecule has 1 aromatic heterocycles. The fourth-order valence-electron chi connectivity index (χ4n) is 2.49. The standard InChI is InChI=1S/C19H16ClN3O4/c20-16-6-2-1-4-14(16)11-21-17-8-7-13(10-18(17)23(25)26)19(24)22-12-15-5-3-9-27-15/h1-10,21H,11-12H2,(H,22,24). The number of furan rings is 1. The topological polar surface area (TPSA) is 97.4 Å². The lowest BCUT2D eigenvalue weighted by molar-refractivity contribution is -0.384. The zero-order valence-electron chi connectivity index (χ0n) is 14.1. The average Bonchev–Trinajstić information content (AvgIpc) is 3.19. The summed E-state index contributed by atoms with van der Waals surface area (Å²) in [6.07, 6.45) is 1.51. The molecule has 1 heterocycles. The van der Waals surface area contributed by atoms with Crippen LogP contribution in [0.1, 0.15) is 21.7 Å². The Morgan fingerprint density at radius 1 is 1.11 bits per heavy atom. The first-order valence-corrected chi connectivity index (χ1v) is 8.48. The number of hydrogen-bond acceptors (Lipinski definition) is 5. The van der Waals surface area contributed by atoms with Gasteiger partial charge in [-0.1, -0.05) is 29.8 Å². The van der Waals surface area contributed by atoms with Gasteiger partial charge in [-0.25, -0.2) is 0 Å². The molecule has 0 unspecified atom stereocenters. The summed E-state index contributed by atoms with van der Waals surface area (Å²) in [4.78, 5) is 23.1. The molecule has 0 aliphatic carbocycles. The first-order chi connectivity index (χ1) is 13.0. The van der Waals surface area contributed by atoms with E-state index >= 15 is 0 Å². The predicted molar refractivity (Wildman–Crippen MR) is 102 cm³/mol. The second-order valence-electron chi connectivity index (χ2n) is 5.70. The smallest absolute Gasteiger partial charge is 0.293 e. The van der Waals surface area contributed by atoms with E-state index in [2.05, 4.69) is 10.6 Å². The molecule has 7 nitrogen and oxygen atoms in total. The van der Waals surface area contributed by atoms with Crippen LogP contribution in [0.25, 0.3) is 0 Å². The van der Waals surface area contributed by atoms with Gasteiger partial charge >= 0.3 is 0 Å². The number of nitro benzene ring substituents is 1. The Morgan fingerprint density at radius 2 is 1.93 bits per heavy atom. The van der Waals surface area contributed by atoms with Gasteiger partial charge in [0.05, 0.1) is 17.7 Å². The van der Waals surface area contributed by atoms with Crippen LogP contribution in [-0.2, 0) is 13.1 Å². The molecule has 1 amide bonds. The molecule has 0 aliphatic rings. The van der Waals surface area contributed by atoms with Crippen LogP contribution in [0.5, 0.6) is 0 Å². The minimum atomic E-state index is -0.530. The van der Waals surface area contributed by atoms with Crippen molar-refractivity contribution in [1.82, 2.24) is 5.32 Å². The van der Waals surface area contributed by atoms with Gasteiger partial charge in [0.1, 0.15) is 11.4 Å². The summed E-state index contributed by atoms with van der Waals surface area (Å²) in [6, 6.07) is 14.9. The zero-order valence-corrected chi connectivity index (χ0v) is 14.9. The lowest BCUT2D eigenvalue weighted by Crippen LogP contribution is -2.22. The van der Waals surface area contributed by atoms with Crippen LogP contribution in [-0.4, -0.2) is 10.8 Å². The molecule has 0 saturated carbocycles. The molecule has 2 N–H and O–H groups in total. The van der Waals surface area contributed by atoms with Crippen LogP contribution in [0.2, 0.25) is 5.02 Å². The number of rotatable bonds is 7. The highest BCUT2D eigenvalue weighted by atomic mass is 35.5. The minimum Gasteiger partial charge on any atom is -0.467 e. The van der Waals surface area contributed by atoms with Gasteiger partial charge in [0, 0.05) is 23.2 Å². The zero-order chi connectivity index (χ0) is 19.2. The van der Waals surface area contributed by atoms with Crippen molar-refractivity contribution in [3.8, 4) is 0 Å². The molecular weight excluding hydrogens is 370 g/mol. The maximum Gasteiger partial charge on any atom is 0.293 e. The molecule has 0 saturated heterocycles. The molecule has 0 spiro atoms. The van der Waals surface area contributed by atoms with E-state index in [-0.39, 0.29) is 17.8 Å². The molecule has 3 aromatic rings. The van der Waals surface area contributed by atoms with Crippen molar-refractivity contribution < 1.29 is 14.1 Å². The number of nitrogens with zero attached hydrogens (tertiary/aromatic N) is 1. The maximum atomic E-state index is 12.2. The number of anilines is 1. The highest BCUT2D eigenvalue weighted by Crippen LogP contribution is 2.27. The van der Waals surface area contributed by atoms with Crippen molar-refractivity contribution in [2.75, 3.05) is 5.32 Å². The Hall–Kier alpha value is -3.32. The normalized spacial score (nSPS) is 10.4. The highest BCUT2D eigenvalue weighted by molar-refractivity contribution is 6.31. The second kappa shape index (κ2) is 8.37. The third-order valence-electron chi connectivity index (χ3n) is 3.89. The Bertz CT molecular complexity index is 957. The van der Waals surface area contributed by atoms with E-state index in [1.54, 1.807) is 18.2 Å². The quantitative estimate of drug-likeness (QED) is 0.464. The summed E-state index contributed by atoms with van der Waals surface area (Å²) >= 11 is 6.10. The number of carbonyl (C=O) groups is 1. The lowest BCUT2D eigenvalue weighted by Gasteiger charge is -2.10. The molecule has 27 heavy (non-hydrogen) atoms. The van der Waals surface area contributed by atoms with Crippen molar-refractivity contribution in [3.05, 3.63) is 92.9 Å². The van der Waals surface area contributed by atoms with Gasteiger partial charge < -0.3 is 15.1 Å². The molecular formula is C19H16ClN3O4. The highest BCUT2D eigenvalue weighted by Gasteiger charge is 2.18. The second-order valence-corrected chi connectivity index (χ2v) is 6.10. The van der Waals surface area contributed by atoms with Gasteiger partial charge in [-0.3, -0.25) is 14.9 Å². The summed E-state index contributed by atoms with van der Waals surface area (Å²) < 4.78 is 5.14. The van der Waals surface area contributed by atoms with Gasteiger partial charge in [-0.2, -0.15) is 0 Å². The first-order valence-electron chi connectivity index (χ1n) is 8.11. The van der Waals surface area contributed by atoms with Gasteiger partial charge in [-0.05, 0) is 35.9 Å². The van der Waals surface area contributed by atoms with Crippen molar-refractivity contribution in [3.63, 3.8) is 0 Å². The SMILES string of the molecule is O=C(NCc1ccco1)c1ccc(NCc2ccccc2Cl)c([N+](=O)[O-])c1. The number of benzene rings is 2. The summed E-state index contributed by atoms with van der Waals surface area (Å²) in [7, 11) is 0.